The third kappa shape index (κ3) is 6.96. The predicted molar refractivity (Wildman–Crippen MR) is 189 cm³/mol. The van der Waals surface area contributed by atoms with Crippen LogP contribution in [0.2, 0.25) is 0 Å². The third-order valence-corrected chi connectivity index (χ3v) is 10.8. The van der Waals surface area contributed by atoms with Gasteiger partial charge in [0.15, 0.2) is 11.5 Å². The summed E-state index contributed by atoms with van der Waals surface area (Å²) in [6, 6.07) is 12.5. The fraction of sp³-hybridized carbons (Fsp3) is 0.436. The minimum Gasteiger partial charge on any atom is -0.497 e. The number of rotatable bonds is 10. The van der Waals surface area contributed by atoms with Gasteiger partial charge in [0.2, 0.25) is 5.75 Å². The maximum atomic E-state index is 13.8. The Morgan fingerprint density at radius 1 is 0.962 bits per heavy atom. The Hall–Kier alpha value is -5.34. The molecule has 4 aromatic rings. The van der Waals surface area contributed by atoms with Gasteiger partial charge < -0.3 is 42.9 Å². The molecule has 6 atom stereocenters. The van der Waals surface area contributed by atoms with Crippen LogP contribution in [0, 0.1) is 17.8 Å². The van der Waals surface area contributed by atoms with Crippen LogP contribution in [0.3, 0.4) is 0 Å². The summed E-state index contributed by atoms with van der Waals surface area (Å²) in [5, 5.41) is 1.19. The lowest BCUT2D eigenvalue weighted by atomic mass is 9.63. The molecule has 14 nitrogen and oxygen atoms in total. The molecule has 1 N–H and O–H groups in total. The summed E-state index contributed by atoms with van der Waals surface area (Å²) in [6.07, 6.45) is 2.75. The molecule has 0 amide bonds. The molecule has 1 aliphatic carbocycles. The highest BCUT2D eigenvalue weighted by molar-refractivity contribution is 5.92. The molecule has 4 heterocycles. The Morgan fingerprint density at radius 2 is 1.75 bits per heavy atom. The Balaban J connectivity index is 1.10. The van der Waals surface area contributed by atoms with E-state index in [-0.39, 0.29) is 47.3 Å². The number of fused-ring (bicyclic) bond motifs is 6. The van der Waals surface area contributed by atoms with Crippen molar-refractivity contribution in [2.75, 3.05) is 48.6 Å². The van der Waals surface area contributed by atoms with Crippen molar-refractivity contribution in [1.82, 2.24) is 14.9 Å². The van der Waals surface area contributed by atoms with Gasteiger partial charge in [0.1, 0.15) is 24.6 Å². The van der Waals surface area contributed by atoms with E-state index in [4.69, 9.17) is 37.9 Å². The Kier molecular flexibility index (Phi) is 10.4. The maximum Gasteiger partial charge on any atom is 0.514 e. The van der Waals surface area contributed by atoms with E-state index in [1.54, 1.807) is 31.6 Å². The number of esters is 2. The molecule has 0 radical (unpaired) electrons. The Morgan fingerprint density at radius 3 is 2.43 bits per heavy atom. The Labute approximate surface area is 306 Å². The first-order chi connectivity index (χ1) is 25.8. The second-order valence-corrected chi connectivity index (χ2v) is 13.5. The van der Waals surface area contributed by atoms with Gasteiger partial charge in [-0.25, -0.2) is 9.59 Å². The van der Waals surface area contributed by atoms with Crippen molar-refractivity contribution in [2.45, 2.75) is 44.1 Å². The van der Waals surface area contributed by atoms with Crippen LogP contribution in [0.15, 0.2) is 54.9 Å². The van der Waals surface area contributed by atoms with Crippen LogP contribution in [-0.2, 0) is 36.8 Å². The summed E-state index contributed by atoms with van der Waals surface area (Å²) in [5.41, 5.74) is 4.26. The largest absolute Gasteiger partial charge is 0.514 e. The second kappa shape index (κ2) is 15.3. The van der Waals surface area contributed by atoms with Crippen LogP contribution >= 0.6 is 0 Å². The maximum absolute atomic E-state index is 13.8. The van der Waals surface area contributed by atoms with E-state index in [2.05, 4.69) is 20.9 Å². The topological polar surface area (TPSA) is 157 Å². The molecule has 14 heteroatoms. The van der Waals surface area contributed by atoms with E-state index >= 15 is 0 Å². The SMILES string of the molecule is COC(=O)C1C2CC3c4[nH]c5cc(OC)ccc5c4CCN3CC2CC(OC(=O)c2cc(OC)c(OC(=O)OCc3cccnc3)c(OC)c2)C1OC. The number of H-pyrrole nitrogens is 1. The number of nitrogens with one attached hydrogen (secondary N) is 1. The highest BCUT2D eigenvalue weighted by Gasteiger charge is 2.54. The summed E-state index contributed by atoms with van der Waals surface area (Å²) >= 11 is 0. The van der Waals surface area contributed by atoms with Gasteiger partial charge in [-0.1, -0.05) is 6.07 Å². The number of pyridine rings is 1. The number of carbonyl (C=O) groups excluding carboxylic acids is 3. The quantitative estimate of drug-likeness (QED) is 0.128. The van der Waals surface area contributed by atoms with Gasteiger partial charge in [-0.2, -0.15) is 0 Å². The number of piperidine rings is 1. The normalized spacial score (nSPS) is 23.5. The lowest BCUT2D eigenvalue weighted by Crippen LogP contribution is -2.58. The molecule has 280 valence electrons. The van der Waals surface area contributed by atoms with E-state index in [1.165, 1.54) is 57.2 Å². The smallest absolute Gasteiger partial charge is 0.497 e. The molecular formula is C39H43N3O11. The summed E-state index contributed by atoms with van der Waals surface area (Å²) in [4.78, 5) is 50.1. The van der Waals surface area contributed by atoms with Crippen LogP contribution in [0.1, 0.15) is 46.1 Å². The van der Waals surface area contributed by atoms with Crippen molar-refractivity contribution in [3.63, 3.8) is 0 Å². The molecule has 2 aromatic heterocycles. The van der Waals surface area contributed by atoms with Gasteiger partial charge in [0.25, 0.3) is 0 Å². The van der Waals surface area contributed by atoms with E-state index in [9.17, 15) is 14.4 Å². The van der Waals surface area contributed by atoms with Gasteiger partial charge in [0.05, 0.1) is 46.0 Å². The molecule has 2 fully saturated rings. The molecule has 53 heavy (non-hydrogen) atoms. The lowest BCUT2D eigenvalue weighted by Gasteiger charge is -2.52. The van der Waals surface area contributed by atoms with Crippen molar-refractivity contribution >= 4 is 29.0 Å². The summed E-state index contributed by atoms with van der Waals surface area (Å²) in [5.74, 6) is -0.996. The fourth-order valence-corrected chi connectivity index (χ4v) is 8.40. The first-order valence-corrected chi connectivity index (χ1v) is 17.5. The molecule has 7 rings (SSSR count). The van der Waals surface area contributed by atoms with E-state index < -0.39 is 36.2 Å². The van der Waals surface area contributed by atoms with Crippen molar-refractivity contribution < 1.29 is 52.3 Å². The first-order valence-electron chi connectivity index (χ1n) is 17.5. The fourth-order valence-electron chi connectivity index (χ4n) is 8.40. The number of nitrogens with zero attached hydrogens (tertiary/aromatic N) is 2. The first kappa shape index (κ1) is 36.0. The van der Waals surface area contributed by atoms with Gasteiger partial charge >= 0.3 is 18.1 Å². The number of aromatic amines is 1. The molecular weight excluding hydrogens is 686 g/mol. The second-order valence-electron chi connectivity index (χ2n) is 13.5. The Bertz CT molecular complexity index is 1960. The van der Waals surface area contributed by atoms with Crippen molar-refractivity contribution in [3.05, 3.63) is 77.2 Å². The zero-order valence-corrected chi connectivity index (χ0v) is 30.3. The molecule has 1 saturated heterocycles. The number of methoxy groups -OCH3 is 5. The molecule has 3 aliphatic rings. The number of carbonyl (C=O) groups is 3. The van der Waals surface area contributed by atoms with Gasteiger partial charge in [-0.05, 0) is 67.0 Å². The number of hydrogen-bond acceptors (Lipinski definition) is 13. The predicted octanol–water partition coefficient (Wildman–Crippen LogP) is 5.27. The lowest BCUT2D eigenvalue weighted by molar-refractivity contribution is -0.176. The number of aromatic nitrogens is 2. The van der Waals surface area contributed by atoms with Crippen LogP contribution in [0.25, 0.3) is 10.9 Å². The molecule has 2 aromatic carbocycles. The van der Waals surface area contributed by atoms with Crippen LogP contribution in [-0.4, -0.2) is 93.8 Å². The number of ether oxygens (including phenoxy) is 8. The summed E-state index contributed by atoms with van der Waals surface area (Å²) in [7, 11) is 7.29. The highest BCUT2D eigenvalue weighted by atomic mass is 16.7. The van der Waals surface area contributed by atoms with Gasteiger partial charge in [-0.15, -0.1) is 0 Å². The minimum absolute atomic E-state index is 0.0306. The average molecular weight is 730 g/mol. The molecule has 0 spiro atoms. The molecule has 2 aliphatic heterocycles. The molecule has 6 unspecified atom stereocenters. The standard InChI is InChI=1S/C39H43N3O11/c1-46-24-8-9-25-26-10-12-42-19-23-15-32(36(49-4)33(38(44)50-5)27(23)17-29(42)34(26)41-28(25)16-24)52-37(43)22-13-30(47-2)35(31(14-22)48-3)53-39(45)51-20-21-7-6-11-40-18-21/h6-9,11,13-14,16,18,23,27,29,32-33,36,41H,10,12,15,17,19-20H2,1-5H3. The number of hydrogen-bond donors (Lipinski definition) is 1. The van der Waals surface area contributed by atoms with Crippen LogP contribution in [0.4, 0.5) is 4.79 Å². The minimum atomic E-state index is -1.00. The monoisotopic (exact) mass is 729 g/mol. The summed E-state index contributed by atoms with van der Waals surface area (Å²) in [6.45, 7) is 1.53. The van der Waals surface area contributed by atoms with Crippen LogP contribution in [0.5, 0.6) is 23.0 Å². The van der Waals surface area contributed by atoms with Crippen molar-refractivity contribution in [2.24, 2.45) is 17.8 Å². The third-order valence-electron chi connectivity index (χ3n) is 10.8. The van der Waals surface area contributed by atoms with E-state index in [0.717, 1.165) is 30.8 Å². The summed E-state index contributed by atoms with van der Waals surface area (Å²) < 4.78 is 44.6. The van der Waals surface area contributed by atoms with E-state index in [1.807, 2.05) is 12.1 Å². The van der Waals surface area contributed by atoms with Crippen LogP contribution < -0.4 is 18.9 Å². The van der Waals surface area contributed by atoms with Gasteiger partial charge in [-0.3, -0.25) is 14.7 Å². The highest BCUT2D eigenvalue weighted by Crippen LogP contribution is 2.51. The number of benzene rings is 2. The van der Waals surface area contributed by atoms with Gasteiger partial charge in [0, 0.05) is 60.8 Å². The average Bonchev–Trinajstić information content (AvgIpc) is 3.57. The zero-order chi connectivity index (χ0) is 37.2. The zero-order valence-electron chi connectivity index (χ0n) is 30.3. The van der Waals surface area contributed by atoms with E-state index in [0.29, 0.717) is 18.4 Å². The molecule has 0 bridgehead atoms. The van der Waals surface area contributed by atoms with Crippen molar-refractivity contribution in [1.29, 1.82) is 0 Å². The van der Waals surface area contributed by atoms with Crippen molar-refractivity contribution in [3.8, 4) is 23.0 Å². The molecule has 1 saturated carbocycles.